The summed E-state index contributed by atoms with van der Waals surface area (Å²) in [7, 11) is 0. The Morgan fingerprint density at radius 1 is 1.35 bits per heavy atom. The molecule has 0 bridgehead atoms. The van der Waals surface area contributed by atoms with E-state index in [1.165, 1.54) is 0 Å². The number of nitrogens with one attached hydrogen (secondary N) is 2. The van der Waals surface area contributed by atoms with Crippen molar-refractivity contribution >= 4 is 11.0 Å². The number of aromatic nitrogens is 2. The highest BCUT2D eigenvalue weighted by atomic mass is 16.5. The van der Waals surface area contributed by atoms with Gasteiger partial charge in [-0.05, 0) is 49.8 Å². The maximum Gasteiger partial charge on any atom is 0.323 e. The Labute approximate surface area is 117 Å². The average Bonchev–Trinajstić information content (AvgIpc) is 2.75. The maximum atomic E-state index is 11.2. The summed E-state index contributed by atoms with van der Waals surface area (Å²) in [5, 5.41) is 0. The van der Waals surface area contributed by atoms with Gasteiger partial charge in [0, 0.05) is 12.6 Å². The van der Waals surface area contributed by atoms with Gasteiger partial charge in [-0.3, -0.25) is 0 Å². The van der Waals surface area contributed by atoms with E-state index in [9.17, 15) is 4.79 Å². The summed E-state index contributed by atoms with van der Waals surface area (Å²) in [5.41, 5.74) is 8.83. The molecule has 1 aromatic carbocycles. The van der Waals surface area contributed by atoms with Gasteiger partial charge in [0.2, 0.25) is 0 Å². The van der Waals surface area contributed by atoms with Crippen LogP contribution in [0.25, 0.3) is 11.0 Å². The van der Waals surface area contributed by atoms with E-state index in [1.54, 1.807) is 0 Å². The lowest BCUT2D eigenvalue weighted by Gasteiger charge is -2.36. The van der Waals surface area contributed by atoms with E-state index in [4.69, 9.17) is 10.5 Å². The first-order chi connectivity index (χ1) is 9.65. The van der Waals surface area contributed by atoms with Gasteiger partial charge in [-0.1, -0.05) is 6.07 Å². The summed E-state index contributed by atoms with van der Waals surface area (Å²) in [6.07, 6.45) is 3.64. The van der Waals surface area contributed by atoms with Crippen molar-refractivity contribution in [2.45, 2.75) is 38.3 Å². The number of ether oxygens (including phenoxy) is 1. The Bertz CT molecular complexity index is 640. The third-order valence-corrected chi connectivity index (χ3v) is 4.15. The van der Waals surface area contributed by atoms with Crippen LogP contribution in [-0.2, 0) is 4.74 Å². The van der Waals surface area contributed by atoms with Crippen molar-refractivity contribution in [2.24, 2.45) is 11.7 Å². The van der Waals surface area contributed by atoms with Crippen molar-refractivity contribution < 1.29 is 4.74 Å². The number of H-pyrrole nitrogens is 2. The van der Waals surface area contributed by atoms with Gasteiger partial charge >= 0.3 is 5.69 Å². The highest BCUT2D eigenvalue weighted by Crippen LogP contribution is 2.36. The second-order valence-corrected chi connectivity index (χ2v) is 5.64. The number of nitrogens with two attached hydrogens (primary N) is 1. The van der Waals surface area contributed by atoms with Crippen LogP contribution in [0.3, 0.4) is 0 Å². The number of imidazole rings is 1. The minimum Gasteiger partial charge on any atom is -0.378 e. The molecule has 108 valence electrons. The molecule has 0 saturated heterocycles. The summed E-state index contributed by atoms with van der Waals surface area (Å²) in [6.45, 7) is 2.83. The number of benzene rings is 1. The Morgan fingerprint density at radius 3 is 2.85 bits per heavy atom. The van der Waals surface area contributed by atoms with Crippen molar-refractivity contribution in [3.8, 4) is 0 Å². The molecular weight excluding hydrogens is 254 g/mol. The minimum absolute atomic E-state index is 0.0189. The zero-order chi connectivity index (χ0) is 14.1. The number of hydrogen-bond donors (Lipinski definition) is 3. The van der Waals surface area contributed by atoms with Crippen molar-refractivity contribution in [3.05, 3.63) is 34.2 Å². The summed E-state index contributed by atoms with van der Waals surface area (Å²) in [6, 6.07) is 5.89. The number of hydrogen-bond acceptors (Lipinski definition) is 3. The van der Waals surface area contributed by atoms with Crippen molar-refractivity contribution in [1.82, 2.24) is 9.97 Å². The third kappa shape index (κ3) is 2.64. The minimum atomic E-state index is -0.177. The van der Waals surface area contributed by atoms with Gasteiger partial charge in [-0.25, -0.2) is 4.79 Å². The molecule has 0 amide bonds. The summed E-state index contributed by atoms with van der Waals surface area (Å²) >= 11 is 0. The van der Waals surface area contributed by atoms with E-state index >= 15 is 0 Å². The number of fused-ring (bicyclic) bond motifs is 1. The largest absolute Gasteiger partial charge is 0.378 e. The predicted octanol–water partition coefficient (Wildman–Crippen LogP) is 2.06. The fraction of sp³-hybridized carbons (Fsp3) is 0.533. The standard InChI is InChI=1S/C15H21N3O2/c1-2-20-11-5-9(6-11)7-12(16)10-3-4-13-14(8-10)18-15(19)17-13/h3-4,8-9,11-12H,2,5-7,16H2,1H3,(H2,17,18,19). The zero-order valence-corrected chi connectivity index (χ0v) is 11.7. The lowest BCUT2D eigenvalue weighted by atomic mass is 9.77. The van der Waals surface area contributed by atoms with Crippen molar-refractivity contribution in [1.29, 1.82) is 0 Å². The van der Waals surface area contributed by atoms with Gasteiger partial charge in [-0.2, -0.15) is 0 Å². The molecule has 1 aliphatic rings. The lowest BCUT2D eigenvalue weighted by molar-refractivity contribution is -0.0282. The molecule has 1 aromatic heterocycles. The summed E-state index contributed by atoms with van der Waals surface area (Å²) < 4.78 is 5.57. The average molecular weight is 275 g/mol. The molecule has 1 atom stereocenters. The monoisotopic (exact) mass is 275 g/mol. The molecule has 0 radical (unpaired) electrons. The van der Waals surface area contributed by atoms with Crippen LogP contribution in [0, 0.1) is 5.92 Å². The van der Waals surface area contributed by atoms with E-state index < -0.39 is 0 Å². The van der Waals surface area contributed by atoms with Crippen LogP contribution in [0.2, 0.25) is 0 Å². The van der Waals surface area contributed by atoms with Gasteiger partial charge in [0.25, 0.3) is 0 Å². The molecule has 1 unspecified atom stereocenters. The van der Waals surface area contributed by atoms with Crippen LogP contribution in [0.4, 0.5) is 0 Å². The highest BCUT2D eigenvalue weighted by molar-refractivity contribution is 5.75. The molecule has 2 aromatic rings. The molecule has 5 nitrogen and oxygen atoms in total. The lowest BCUT2D eigenvalue weighted by Crippen LogP contribution is -2.33. The molecule has 5 heteroatoms. The molecular formula is C15H21N3O2. The van der Waals surface area contributed by atoms with Crippen LogP contribution in [0.1, 0.15) is 37.8 Å². The predicted molar refractivity (Wildman–Crippen MR) is 78.6 cm³/mol. The fourth-order valence-corrected chi connectivity index (χ4v) is 3.01. The first-order valence-electron chi connectivity index (χ1n) is 7.25. The van der Waals surface area contributed by atoms with Gasteiger partial charge in [-0.15, -0.1) is 0 Å². The van der Waals surface area contributed by atoms with Gasteiger partial charge in [0.05, 0.1) is 17.1 Å². The SMILES string of the molecule is CCOC1CC(CC(N)c2ccc3[nH]c(=O)[nH]c3c2)C1. The molecule has 4 N–H and O–H groups in total. The molecule has 1 aliphatic carbocycles. The molecule has 1 saturated carbocycles. The first kappa shape index (κ1) is 13.4. The molecule has 20 heavy (non-hydrogen) atoms. The number of rotatable bonds is 5. The van der Waals surface area contributed by atoms with Crippen molar-refractivity contribution in [3.63, 3.8) is 0 Å². The smallest absolute Gasteiger partial charge is 0.323 e. The zero-order valence-electron chi connectivity index (χ0n) is 11.7. The Balaban J connectivity index is 1.64. The molecule has 1 heterocycles. The third-order valence-electron chi connectivity index (χ3n) is 4.15. The topological polar surface area (TPSA) is 83.9 Å². The second-order valence-electron chi connectivity index (χ2n) is 5.64. The van der Waals surface area contributed by atoms with E-state index in [1.807, 2.05) is 25.1 Å². The Hall–Kier alpha value is -1.59. The van der Waals surface area contributed by atoms with Crippen LogP contribution >= 0.6 is 0 Å². The maximum absolute atomic E-state index is 11.2. The first-order valence-corrected chi connectivity index (χ1v) is 7.25. The normalized spacial score (nSPS) is 23.7. The second kappa shape index (κ2) is 5.42. The Morgan fingerprint density at radius 2 is 2.10 bits per heavy atom. The van der Waals surface area contributed by atoms with Crippen molar-refractivity contribution in [2.75, 3.05) is 6.61 Å². The highest BCUT2D eigenvalue weighted by Gasteiger charge is 2.30. The van der Waals surface area contributed by atoms with E-state index in [0.29, 0.717) is 12.0 Å². The summed E-state index contributed by atoms with van der Waals surface area (Å²) in [5.74, 6) is 0.655. The summed E-state index contributed by atoms with van der Waals surface area (Å²) in [4.78, 5) is 16.8. The van der Waals surface area contributed by atoms with Crippen LogP contribution in [-0.4, -0.2) is 22.7 Å². The van der Waals surface area contributed by atoms with E-state index in [2.05, 4.69) is 9.97 Å². The molecule has 0 spiro atoms. The Kier molecular flexibility index (Phi) is 3.63. The van der Waals surface area contributed by atoms with Crippen LogP contribution in [0.5, 0.6) is 0 Å². The van der Waals surface area contributed by atoms with E-state index in [0.717, 1.165) is 42.5 Å². The van der Waals surface area contributed by atoms with Gasteiger partial charge < -0.3 is 20.4 Å². The quantitative estimate of drug-likeness (QED) is 0.781. The molecule has 0 aliphatic heterocycles. The van der Waals surface area contributed by atoms with Gasteiger partial charge in [0.15, 0.2) is 0 Å². The molecule has 1 fully saturated rings. The molecule has 3 rings (SSSR count). The fourth-order valence-electron chi connectivity index (χ4n) is 3.01. The number of aromatic amines is 2. The van der Waals surface area contributed by atoms with Gasteiger partial charge in [0.1, 0.15) is 0 Å². The van der Waals surface area contributed by atoms with Crippen LogP contribution < -0.4 is 11.4 Å². The van der Waals surface area contributed by atoms with Crippen LogP contribution in [0.15, 0.2) is 23.0 Å². The van der Waals surface area contributed by atoms with E-state index in [-0.39, 0.29) is 11.7 Å².